The first-order valence-electron chi connectivity index (χ1n) is 11.0. The molecule has 0 bridgehead atoms. The molecule has 0 saturated carbocycles. The van der Waals surface area contributed by atoms with Crippen molar-refractivity contribution in [2.24, 2.45) is 0 Å². The molecule has 166 valence electrons. The summed E-state index contributed by atoms with van der Waals surface area (Å²) in [6.07, 6.45) is 7.63. The summed E-state index contributed by atoms with van der Waals surface area (Å²) in [5.74, 6) is 0.845. The van der Waals surface area contributed by atoms with Crippen LogP contribution in [0.3, 0.4) is 0 Å². The predicted octanol–water partition coefficient (Wildman–Crippen LogP) is 4.90. The second kappa shape index (κ2) is 9.42. The van der Waals surface area contributed by atoms with Crippen LogP contribution in [0.1, 0.15) is 36.0 Å². The van der Waals surface area contributed by atoms with E-state index in [-0.39, 0.29) is 12.1 Å². The zero-order valence-electron chi connectivity index (χ0n) is 18.3. The first kappa shape index (κ1) is 21.2. The molecule has 4 heterocycles. The van der Waals surface area contributed by atoms with Crippen LogP contribution >= 0.6 is 12.2 Å². The van der Waals surface area contributed by atoms with E-state index in [2.05, 4.69) is 61.3 Å². The van der Waals surface area contributed by atoms with Crippen LogP contribution in [0.4, 0.5) is 5.69 Å². The molecule has 1 aromatic carbocycles. The fraction of sp³-hybridized carbons (Fsp3) is 0.192. The van der Waals surface area contributed by atoms with E-state index >= 15 is 0 Å². The van der Waals surface area contributed by atoms with Crippen LogP contribution in [0.25, 0.3) is 0 Å². The average molecular weight is 456 g/mol. The second-order valence-corrected chi connectivity index (χ2v) is 8.23. The normalized spacial score (nSPS) is 17.7. The molecule has 1 saturated heterocycles. The molecule has 6 nitrogen and oxygen atoms in total. The molecule has 2 atom stereocenters. The van der Waals surface area contributed by atoms with Gasteiger partial charge in [0.1, 0.15) is 11.8 Å². The molecule has 0 amide bonds. The monoisotopic (exact) mass is 455 g/mol. The van der Waals surface area contributed by atoms with Crippen LogP contribution in [0.2, 0.25) is 0 Å². The predicted molar refractivity (Wildman–Crippen MR) is 133 cm³/mol. The summed E-state index contributed by atoms with van der Waals surface area (Å²) in [6, 6.07) is 22.2. The van der Waals surface area contributed by atoms with Gasteiger partial charge in [-0.2, -0.15) is 0 Å². The van der Waals surface area contributed by atoms with E-state index in [9.17, 15) is 0 Å². The van der Waals surface area contributed by atoms with Crippen LogP contribution < -0.4 is 15.0 Å². The Morgan fingerprint density at radius 3 is 2.61 bits per heavy atom. The van der Waals surface area contributed by atoms with Crippen molar-refractivity contribution in [1.82, 2.24) is 19.9 Å². The number of nitrogens with zero attached hydrogens (tertiary/aromatic N) is 4. The molecular formula is C26H25N5OS. The molecule has 1 aliphatic heterocycles. The smallest absolute Gasteiger partial charge is 0.174 e. The second-order valence-electron chi connectivity index (χ2n) is 7.85. The topological polar surface area (TPSA) is 55.2 Å². The molecule has 5 rings (SSSR count). The fourth-order valence-corrected chi connectivity index (χ4v) is 4.68. The molecule has 4 aromatic rings. The number of ether oxygens (including phenoxy) is 1. The van der Waals surface area contributed by atoms with Gasteiger partial charge in [0.15, 0.2) is 5.11 Å². The lowest BCUT2D eigenvalue weighted by atomic mass is 10.0. The van der Waals surface area contributed by atoms with Gasteiger partial charge in [0.05, 0.1) is 18.3 Å². The lowest BCUT2D eigenvalue weighted by Gasteiger charge is -2.29. The number of nitrogens with one attached hydrogen (secondary N) is 1. The lowest BCUT2D eigenvalue weighted by Crippen LogP contribution is -2.30. The van der Waals surface area contributed by atoms with Gasteiger partial charge in [-0.1, -0.05) is 12.1 Å². The first-order valence-corrected chi connectivity index (χ1v) is 11.4. The average Bonchev–Trinajstić information content (AvgIpc) is 3.44. The van der Waals surface area contributed by atoms with Gasteiger partial charge in [-0.3, -0.25) is 9.97 Å². The molecule has 1 aliphatic rings. The van der Waals surface area contributed by atoms with E-state index in [0.29, 0.717) is 11.7 Å². The lowest BCUT2D eigenvalue weighted by molar-refractivity contribution is 0.340. The van der Waals surface area contributed by atoms with E-state index in [4.69, 9.17) is 17.0 Å². The van der Waals surface area contributed by atoms with Gasteiger partial charge in [-0.15, -0.1) is 0 Å². The minimum absolute atomic E-state index is 0.0722. The zero-order chi connectivity index (χ0) is 22.6. The molecule has 0 aliphatic carbocycles. The Hall–Kier alpha value is -3.71. The molecule has 0 radical (unpaired) electrons. The number of pyridine rings is 2. The zero-order valence-corrected chi connectivity index (χ0v) is 19.2. The molecule has 3 aromatic heterocycles. The Kier molecular flexibility index (Phi) is 6.04. The van der Waals surface area contributed by atoms with Gasteiger partial charge in [0.25, 0.3) is 0 Å². The minimum atomic E-state index is -0.0900. The van der Waals surface area contributed by atoms with Crippen molar-refractivity contribution in [3.8, 4) is 5.75 Å². The highest BCUT2D eigenvalue weighted by Gasteiger charge is 2.42. The quantitative estimate of drug-likeness (QED) is 0.400. The third kappa shape index (κ3) is 4.32. The SMILES string of the molecule is CCOc1ccc(N2C(=S)N[C@H](c3ccccn3)[C@@H]2c2cccn2Cc2cccnc2)cc1. The van der Waals surface area contributed by atoms with Gasteiger partial charge in [0.2, 0.25) is 0 Å². The maximum Gasteiger partial charge on any atom is 0.174 e. The van der Waals surface area contributed by atoms with Crippen molar-refractivity contribution in [1.29, 1.82) is 0 Å². The molecule has 7 heteroatoms. The van der Waals surface area contributed by atoms with Crippen LogP contribution in [-0.2, 0) is 6.54 Å². The number of hydrogen-bond donors (Lipinski definition) is 1. The van der Waals surface area contributed by atoms with Crippen molar-refractivity contribution < 1.29 is 4.74 Å². The summed E-state index contributed by atoms with van der Waals surface area (Å²) in [6.45, 7) is 3.35. The van der Waals surface area contributed by atoms with Crippen molar-refractivity contribution in [2.75, 3.05) is 11.5 Å². The van der Waals surface area contributed by atoms with E-state index in [0.717, 1.165) is 34.9 Å². The largest absolute Gasteiger partial charge is 0.494 e. The number of rotatable bonds is 7. The highest BCUT2D eigenvalue weighted by atomic mass is 32.1. The number of hydrogen-bond acceptors (Lipinski definition) is 4. The Morgan fingerprint density at radius 2 is 1.88 bits per heavy atom. The molecule has 0 spiro atoms. The van der Waals surface area contributed by atoms with Crippen LogP contribution in [0, 0.1) is 0 Å². The van der Waals surface area contributed by atoms with Gasteiger partial charge in [-0.05, 0) is 79.3 Å². The number of aromatic nitrogens is 3. The Bertz CT molecular complexity index is 1210. The summed E-state index contributed by atoms with van der Waals surface area (Å²) in [4.78, 5) is 11.1. The molecular weight excluding hydrogens is 430 g/mol. The maximum atomic E-state index is 5.84. The third-order valence-electron chi connectivity index (χ3n) is 5.77. The van der Waals surface area contributed by atoms with Crippen molar-refractivity contribution in [2.45, 2.75) is 25.6 Å². The molecule has 1 N–H and O–H groups in total. The Balaban J connectivity index is 1.56. The van der Waals surface area contributed by atoms with E-state index in [1.807, 2.05) is 55.7 Å². The van der Waals surface area contributed by atoms with E-state index in [1.165, 1.54) is 0 Å². The van der Waals surface area contributed by atoms with Gasteiger partial charge in [0, 0.05) is 42.7 Å². The molecule has 33 heavy (non-hydrogen) atoms. The summed E-state index contributed by atoms with van der Waals surface area (Å²) < 4.78 is 7.90. The summed E-state index contributed by atoms with van der Waals surface area (Å²) >= 11 is 5.84. The van der Waals surface area contributed by atoms with Crippen LogP contribution in [0.5, 0.6) is 5.75 Å². The first-order chi connectivity index (χ1) is 16.2. The molecule has 0 unspecified atom stereocenters. The summed E-state index contributed by atoms with van der Waals surface area (Å²) in [5.41, 5.74) is 4.25. The maximum absolute atomic E-state index is 5.84. The number of thiocarbonyl (C=S) groups is 1. The standard InChI is InChI=1S/C26H25N5OS/c1-2-32-21-12-10-20(11-13-21)31-25(24(29-26(31)33)22-8-3-4-15-28-22)23-9-6-16-30(23)18-19-7-5-14-27-17-19/h3-17,24-25H,2,18H2,1H3,(H,29,33)/t24-,25+/m1/s1. The van der Waals surface area contributed by atoms with Crippen molar-refractivity contribution >= 4 is 23.0 Å². The summed E-state index contributed by atoms with van der Waals surface area (Å²) in [7, 11) is 0. The molecule has 1 fully saturated rings. The third-order valence-corrected chi connectivity index (χ3v) is 6.08. The van der Waals surface area contributed by atoms with Gasteiger partial charge < -0.3 is 19.5 Å². The highest BCUT2D eigenvalue weighted by molar-refractivity contribution is 7.80. The Morgan fingerprint density at radius 1 is 1.00 bits per heavy atom. The Labute approximate surface area is 198 Å². The van der Waals surface area contributed by atoms with Gasteiger partial charge in [-0.25, -0.2) is 0 Å². The van der Waals surface area contributed by atoms with Crippen LogP contribution in [-0.4, -0.2) is 26.3 Å². The minimum Gasteiger partial charge on any atom is -0.494 e. The van der Waals surface area contributed by atoms with E-state index in [1.54, 1.807) is 6.20 Å². The van der Waals surface area contributed by atoms with Crippen molar-refractivity contribution in [3.63, 3.8) is 0 Å². The fourth-order valence-electron chi connectivity index (χ4n) is 4.33. The summed E-state index contributed by atoms with van der Waals surface area (Å²) in [5, 5.41) is 4.20. The van der Waals surface area contributed by atoms with Crippen LogP contribution in [0.15, 0.2) is 91.5 Å². The number of benzene rings is 1. The number of anilines is 1. The van der Waals surface area contributed by atoms with E-state index < -0.39 is 0 Å². The highest BCUT2D eigenvalue weighted by Crippen LogP contribution is 2.42. The van der Waals surface area contributed by atoms with Gasteiger partial charge >= 0.3 is 0 Å². The van der Waals surface area contributed by atoms with Crippen molar-refractivity contribution in [3.05, 3.63) is 108 Å².